The fraction of sp³-hybridized carbons (Fsp3) is 0.143. The van der Waals surface area contributed by atoms with Crippen LogP contribution < -0.4 is 4.80 Å². The van der Waals surface area contributed by atoms with Crippen molar-refractivity contribution in [2.75, 3.05) is 0 Å². The molecule has 1 aliphatic heterocycles. The molecular weight excluding hydrogens is 342 g/mol. The summed E-state index contributed by atoms with van der Waals surface area (Å²) in [4.78, 5) is 10.8. The fourth-order valence-corrected chi connectivity index (χ4v) is 3.96. The predicted molar refractivity (Wildman–Crippen MR) is 108 cm³/mol. The minimum Gasteiger partial charge on any atom is -0.493 e. The zero-order chi connectivity index (χ0) is 17.9. The van der Waals surface area contributed by atoms with E-state index in [4.69, 9.17) is 4.99 Å². The maximum Gasteiger partial charge on any atom is 0.211 e. The Hall–Kier alpha value is -2.92. The number of aromatic hydroxyl groups is 1. The van der Waals surface area contributed by atoms with Crippen molar-refractivity contribution in [3.8, 4) is 5.88 Å². The van der Waals surface area contributed by atoms with E-state index in [1.54, 1.807) is 0 Å². The van der Waals surface area contributed by atoms with Crippen molar-refractivity contribution >= 4 is 40.6 Å². The van der Waals surface area contributed by atoms with E-state index in [-0.39, 0.29) is 5.88 Å². The van der Waals surface area contributed by atoms with Gasteiger partial charge in [0.15, 0.2) is 4.80 Å². The van der Waals surface area contributed by atoms with Crippen molar-refractivity contribution in [2.45, 2.75) is 19.9 Å². The van der Waals surface area contributed by atoms with Gasteiger partial charge in [0.25, 0.3) is 0 Å². The first-order chi connectivity index (χ1) is 12.8. The summed E-state index contributed by atoms with van der Waals surface area (Å²) in [5.41, 5.74) is 3.94. The lowest BCUT2D eigenvalue weighted by Gasteiger charge is -2.02. The summed E-state index contributed by atoms with van der Waals surface area (Å²) in [6, 6.07) is 17.9. The molecule has 0 unspecified atom stereocenters. The molecule has 1 N–H and O–H groups in total. The maximum absolute atomic E-state index is 10.8. The van der Waals surface area contributed by atoms with Gasteiger partial charge in [-0.2, -0.15) is 0 Å². The minimum atomic E-state index is 0.261. The number of allylic oxidation sites excluding steroid dienone is 1. The number of rotatable bonds is 4. The fourth-order valence-electron chi connectivity index (χ4n) is 2.93. The van der Waals surface area contributed by atoms with E-state index in [0.29, 0.717) is 0 Å². The summed E-state index contributed by atoms with van der Waals surface area (Å²) in [5, 5.41) is 10.8. The predicted octanol–water partition coefficient (Wildman–Crippen LogP) is 5.15. The van der Waals surface area contributed by atoms with Crippen molar-refractivity contribution in [1.82, 2.24) is 4.57 Å². The largest absolute Gasteiger partial charge is 0.493 e. The Bertz CT molecular complexity index is 1060. The monoisotopic (exact) mass is 361 g/mol. The van der Waals surface area contributed by atoms with E-state index in [1.807, 2.05) is 71.5 Å². The lowest BCUT2D eigenvalue weighted by Crippen LogP contribution is -2.13. The molecule has 0 aliphatic carbocycles. The molecule has 1 aromatic heterocycles. The first kappa shape index (κ1) is 16.5. The zero-order valence-corrected chi connectivity index (χ0v) is 15.3. The second-order valence-corrected chi connectivity index (χ2v) is 7.06. The smallest absolute Gasteiger partial charge is 0.211 e. The van der Waals surface area contributed by atoms with Gasteiger partial charge in [0, 0.05) is 23.9 Å². The minimum absolute atomic E-state index is 0.261. The summed E-state index contributed by atoms with van der Waals surface area (Å²) < 4.78 is 1.88. The van der Waals surface area contributed by atoms with Crippen LogP contribution >= 0.6 is 11.3 Å². The quantitative estimate of drug-likeness (QED) is 0.686. The zero-order valence-electron chi connectivity index (χ0n) is 14.5. The summed E-state index contributed by atoms with van der Waals surface area (Å²) >= 11 is 1.49. The van der Waals surface area contributed by atoms with Crippen molar-refractivity contribution < 1.29 is 5.11 Å². The molecule has 0 spiro atoms. The molecule has 2 aromatic carbocycles. The average molecular weight is 361 g/mol. The van der Waals surface area contributed by atoms with Crippen molar-refractivity contribution in [3.63, 3.8) is 0 Å². The Labute approximate surface area is 156 Å². The van der Waals surface area contributed by atoms with E-state index in [9.17, 15) is 5.11 Å². The Morgan fingerprint density at radius 1 is 1.12 bits per heavy atom. The summed E-state index contributed by atoms with van der Waals surface area (Å²) in [5.74, 6) is 0.261. The molecule has 2 heterocycles. The van der Waals surface area contributed by atoms with Gasteiger partial charge in [-0.15, -0.1) is 0 Å². The molecule has 5 heteroatoms. The number of aliphatic imine (C=N–C) groups is 1. The lowest BCUT2D eigenvalue weighted by atomic mass is 10.1. The standard InChI is InChI=1S/C21H19N3OS/c1-2-12-24-20(25)19(26-21(24)23-16-8-4-3-5-9-16)13-15-14-22-18-11-7-6-10-17(15)18/h3-11,13-14,25H,2,12H2,1H3/b15-13+,23-21?. The molecule has 0 saturated carbocycles. The van der Waals surface area contributed by atoms with Gasteiger partial charge in [0.05, 0.1) is 16.3 Å². The van der Waals surface area contributed by atoms with Gasteiger partial charge in [0.1, 0.15) is 0 Å². The molecule has 130 valence electrons. The van der Waals surface area contributed by atoms with Crippen molar-refractivity contribution in [1.29, 1.82) is 0 Å². The number of hydrogen-bond donors (Lipinski definition) is 1. The molecule has 4 nitrogen and oxygen atoms in total. The maximum atomic E-state index is 10.8. The van der Waals surface area contributed by atoms with Crippen LogP contribution in [0.25, 0.3) is 11.6 Å². The third-order valence-corrected chi connectivity index (χ3v) is 5.20. The number of nitrogens with zero attached hydrogens (tertiary/aromatic N) is 3. The van der Waals surface area contributed by atoms with E-state index in [2.05, 4.69) is 11.9 Å². The average Bonchev–Trinajstić information content (AvgIpc) is 3.20. The normalized spacial score (nSPS) is 15.0. The molecule has 26 heavy (non-hydrogen) atoms. The van der Waals surface area contributed by atoms with Gasteiger partial charge >= 0.3 is 0 Å². The molecule has 3 aromatic rings. The van der Waals surface area contributed by atoms with Crippen LogP contribution in [0, 0.1) is 0 Å². The second kappa shape index (κ2) is 7.14. The number of fused-ring (bicyclic) bond motifs is 1. The van der Waals surface area contributed by atoms with Crippen LogP contribution in [0.4, 0.5) is 11.4 Å². The number of para-hydroxylation sites is 2. The number of benzene rings is 2. The first-order valence-corrected chi connectivity index (χ1v) is 9.45. The van der Waals surface area contributed by atoms with Crippen LogP contribution in [0.2, 0.25) is 0 Å². The third kappa shape index (κ3) is 3.13. The Morgan fingerprint density at radius 2 is 1.88 bits per heavy atom. The number of hydrogen-bond acceptors (Lipinski definition) is 4. The molecular formula is C21H19N3OS. The van der Waals surface area contributed by atoms with E-state index >= 15 is 0 Å². The van der Waals surface area contributed by atoms with Gasteiger partial charge < -0.3 is 5.11 Å². The number of thiazole rings is 1. The lowest BCUT2D eigenvalue weighted by molar-refractivity contribution is 0.409. The Kier molecular flexibility index (Phi) is 4.54. The van der Waals surface area contributed by atoms with Crippen molar-refractivity contribution in [2.24, 2.45) is 9.98 Å². The molecule has 0 saturated heterocycles. The van der Waals surface area contributed by atoms with E-state index < -0.39 is 0 Å². The highest BCUT2D eigenvalue weighted by atomic mass is 32.1. The molecule has 0 bridgehead atoms. The van der Waals surface area contributed by atoms with Gasteiger partial charge in [0.2, 0.25) is 5.88 Å². The van der Waals surface area contributed by atoms with Crippen LogP contribution in [-0.4, -0.2) is 15.9 Å². The van der Waals surface area contributed by atoms with Gasteiger partial charge in [-0.05, 0) is 30.7 Å². The molecule has 1 aliphatic rings. The second-order valence-electron chi connectivity index (χ2n) is 6.05. The van der Waals surface area contributed by atoms with Crippen LogP contribution in [0.3, 0.4) is 0 Å². The van der Waals surface area contributed by atoms with Gasteiger partial charge in [-0.1, -0.05) is 54.7 Å². The van der Waals surface area contributed by atoms with Gasteiger partial charge in [-0.3, -0.25) is 9.56 Å². The summed E-state index contributed by atoms with van der Waals surface area (Å²) in [6.45, 7) is 2.82. The topological polar surface area (TPSA) is 49.9 Å². The SMILES string of the molecule is CCCn1c(O)c(/C=C2\C=Nc3ccccc32)sc1=Nc1ccccc1. The molecule has 0 atom stereocenters. The molecule has 0 fully saturated rings. The van der Waals surface area contributed by atoms with Crippen LogP contribution in [0.1, 0.15) is 23.8 Å². The van der Waals surface area contributed by atoms with Crippen LogP contribution in [-0.2, 0) is 6.54 Å². The highest BCUT2D eigenvalue weighted by Gasteiger charge is 2.15. The number of aromatic nitrogens is 1. The Morgan fingerprint density at radius 3 is 2.69 bits per heavy atom. The van der Waals surface area contributed by atoms with Crippen LogP contribution in [0.15, 0.2) is 64.6 Å². The third-order valence-electron chi connectivity index (χ3n) is 4.18. The van der Waals surface area contributed by atoms with Gasteiger partial charge in [-0.25, -0.2) is 4.99 Å². The van der Waals surface area contributed by atoms with E-state index in [0.717, 1.165) is 45.2 Å². The molecule has 0 radical (unpaired) electrons. The Balaban J connectivity index is 1.82. The first-order valence-electron chi connectivity index (χ1n) is 8.64. The molecule has 0 amide bonds. The summed E-state index contributed by atoms with van der Waals surface area (Å²) in [7, 11) is 0. The summed E-state index contributed by atoms with van der Waals surface area (Å²) in [6.07, 6.45) is 4.76. The highest BCUT2D eigenvalue weighted by molar-refractivity contribution is 7.10. The van der Waals surface area contributed by atoms with E-state index in [1.165, 1.54) is 11.3 Å². The van der Waals surface area contributed by atoms with Crippen LogP contribution in [0.5, 0.6) is 5.88 Å². The van der Waals surface area contributed by atoms with Crippen molar-refractivity contribution in [3.05, 3.63) is 69.8 Å². The molecule has 4 rings (SSSR count). The highest BCUT2D eigenvalue weighted by Crippen LogP contribution is 2.34.